The number of nitrogens with zero attached hydrogens (tertiary/aromatic N) is 2. The average Bonchev–Trinajstić information content (AvgIpc) is 2.38. The first-order chi connectivity index (χ1) is 8.59. The molecule has 1 heterocycles. The Bertz CT molecular complexity index is 521. The van der Waals surface area contributed by atoms with Crippen LogP contribution in [0.4, 0.5) is 11.5 Å². The molecule has 0 aliphatic heterocycles. The average molecular weight is 241 g/mol. The summed E-state index contributed by atoms with van der Waals surface area (Å²) >= 11 is 0. The molecule has 1 atom stereocenters. The third-order valence-corrected chi connectivity index (χ3v) is 3.11. The van der Waals surface area contributed by atoms with Crippen molar-refractivity contribution in [2.24, 2.45) is 5.73 Å². The molecule has 0 saturated heterocycles. The van der Waals surface area contributed by atoms with Crippen molar-refractivity contribution in [2.45, 2.75) is 19.9 Å². The van der Waals surface area contributed by atoms with E-state index >= 15 is 0 Å². The van der Waals surface area contributed by atoms with Crippen molar-refractivity contribution >= 4 is 11.5 Å². The first-order valence-electron chi connectivity index (χ1n) is 6.10. The van der Waals surface area contributed by atoms with Crippen molar-refractivity contribution in [3.63, 3.8) is 0 Å². The minimum atomic E-state index is 0.0218. The molecule has 2 rings (SSSR count). The van der Waals surface area contributed by atoms with Gasteiger partial charge in [-0.15, -0.1) is 0 Å². The number of para-hydroxylation sites is 1. The molecule has 1 aromatic carbocycles. The number of aromatic nitrogens is 1. The molecule has 0 bridgehead atoms. The lowest BCUT2D eigenvalue weighted by molar-refractivity contribution is 0.802. The molecule has 0 unspecified atom stereocenters. The van der Waals surface area contributed by atoms with Crippen LogP contribution in [0.15, 0.2) is 42.6 Å². The highest BCUT2D eigenvalue weighted by molar-refractivity contribution is 5.59. The highest BCUT2D eigenvalue weighted by atomic mass is 15.2. The summed E-state index contributed by atoms with van der Waals surface area (Å²) in [5, 5.41) is 0. The maximum absolute atomic E-state index is 5.90. The van der Waals surface area contributed by atoms with Gasteiger partial charge in [0.25, 0.3) is 0 Å². The van der Waals surface area contributed by atoms with Crippen LogP contribution in [-0.2, 0) is 0 Å². The Morgan fingerprint density at radius 3 is 2.44 bits per heavy atom. The van der Waals surface area contributed by atoms with E-state index in [1.165, 1.54) is 5.56 Å². The fourth-order valence-electron chi connectivity index (χ4n) is 2.00. The molecule has 0 aliphatic rings. The van der Waals surface area contributed by atoms with E-state index in [9.17, 15) is 0 Å². The summed E-state index contributed by atoms with van der Waals surface area (Å²) in [4.78, 5) is 6.55. The van der Waals surface area contributed by atoms with Crippen LogP contribution in [0.25, 0.3) is 0 Å². The minimum absolute atomic E-state index is 0.0218. The van der Waals surface area contributed by atoms with Crippen LogP contribution in [0.1, 0.15) is 24.1 Å². The van der Waals surface area contributed by atoms with E-state index in [1.54, 1.807) is 0 Å². The van der Waals surface area contributed by atoms with Gasteiger partial charge in [0.2, 0.25) is 0 Å². The zero-order valence-electron chi connectivity index (χ0n) is 11.1. The van der Waals surface area contributed by atoms with Gasteiger partial charge in [0, 0.05) is 25.0 Å². The number of benzene rings is 1. The van der Waals surface area contributed by atoms with Gasteiger partial charge in [-0.3, -0.25) is 0 Å². The van der Waals surface area contributed by atoms with E-state index in [0.717, 1.165) is 17.1 Å². The van der Waals surface area contributed by atoms with Crippen LogP contribution < -0.4 is 10.6 Å². The molecule has 0 radical (unpaired) electrons. The van der Waals surface area contributed by atoms with E-state index in [4.69, 9.17) is 5.73 Å². The van der Waals surface area contributed by atoms with Crippen molar-refractivity contribution < 1.29 is 0 Å². The van der Waals surface area contributed by atoms with Gasteiger partial charge in [-0.2, -0.15) is 0 Å². The number of nitrogens with two attached hydrogens (primary N) is 1. The Hall–Kier alpha value is -1.87. The van der Waals surface area contributed by atoms with Crippen LogP contribution in [0.5, 0.6) is 0 Å². The fraction of sp³-hybridized carbons (Fsp3) is 0.267. The van der Waals surface area contributed by atoms with Gasteiger partial charge in [0.05, 0.1) is 0 Å². The normalized spacial score (nSPS) is 12.2. The molecule has 18 heavy (non-hydrogen) atoms. The number of hydrogen-bond acceptors (Lipinski definition) is 3. The van der Waals surface area contributed by atoms with Crippen LogP contribution in [-0.4, -0.2) is 12.0 Å². The molecule has 0 aliphatic carbocycles. The van der Waals surface area contributed by atoms with Crippen molar-refractivity contribution in [2.75, 3.05) is 11.9 Å². The van der Waals surface area contributed by atoms with Crippen LogP contribution >= 0.6 is 0 Å². The molecule has 1 aromatic heterocycles. The second-order valence-electron chi connectivity index (χ2n) is 4.58. The van der Waals surface area contributed by atoms with Crippen LogP contribution in [0, 0.1) is 6.92 Å². The quantitative estimate of drug-likeness (QED) is 0.897. The lowest BCUT2D eigenvalue weighted by Gasteiger charge is -2.20. The Balaban J connectivity index is 2.32. The maximum Gasteiger partial charge on any atom is 0.132 e. The van der Waals surface area contributed by atoms with E-state index < -0.39 is 0 Å². The number of hydrogen-bond donors (Lipinski definition) is 1. The van der Waals surface area contributed by atoms with Gasteiger partial charge in [-0.1, -0.05) is 18.2 Å². The fourth-order valence-corrected chi connectivity index (χ4v) is 2.00. The molecule has 0 fully saturated rings. The molecule has 2 N–H and O–H groups in total. The Morgan fingerprint density at radius 2 is 1.89 bits per heavy atom. The highest BCUT2D eigenvalue weighted by Crippen LogP contribution is 2.24. The second kappa shape index (κ2) is 5.19. The van der Waals surface area contributed by atoms with E-state index in [1.807, 2.05) is 38.4 Å². The number of pyridine rings is 1. The molecule has 0 saturated carbocycles. The Kier molecular flexibility index (Phi) is 3.63. The summed E-state index contributed by atoms with van der Waals surface area (Å²) in [6.07, 6.45) is 1.87. The van der Waals surface area contributed by atoms with Crippen LogP contribution in [0.2, 0.25) is 0 Å². The van der Waals surface area contributed by atoms with Crippen molar-refractivity contribution in [3.8, 4) is 0 Å². The van der Waals surface area contributed by atoms with E-state index in [2.05, 4.69) is 35.0 Å². The predicted octanol–water partition coefficient (Wildman–Crippen LogP) is 3.18. The third-order valence-electron chi connectivity index (χ3n) is 3.11. The Morgan fingerprint density at radius 1 is 1.22 bits per heavy atom. The van der Waals surface area contributed by atoms with E-state index in [-0.39, 0.29) is 6.04 Å². The van der Waals surface area contributed by atoms with Gasteiger partial charge in [0.1, 0.15) is 5.82 Å². The summed E-state index contributed by atoms with van der Waals surface area (Å²) in [7, 11) is 2.02. The number of aryl methyl sites for hydroxylation is 1. The van der Waals surface area contributed by atoms with Crippen molar-refractivity contribution in [1.29, 1.82) is 0 Å². The molecule has 2 aromatic rings. The zero-order chi connectivity index (χ0) is 13.1. The summed E-state index contributed by atoms with van der Waals surface area (Å²) in [5.41, 5.74) is 9.30. The first kappa shape index (κ1) is 12.6. The molecular weight excluding hydrogens is 222 g/mol. The largest absolute Gasteiger partial charge is 0.329 e. The van der Waals surface area contributed by atoms with Gasteiger partial charge >= 0.3 is 0 Å². The summed E-state index contributed by atoms with van der Waals surface area (Å²) < 4.78 is 0. The maximum atomic E-state index is 5.90. The number of anilines is 2. The zero-order valence-corrected chi connectivity index (χ0v) is 11.1. The molecule has 0 amide bonds. The predicted molar refractivity (Wildman–Crippen MR) is 76.1 cm³/mol. The lowest BCUT2D eigenvalue weighted by Crippen LogP contribution is -2.13. The van der Waals surface area contributed by atoms with Gasteiger partial charge < -0.3 is 10.6 Å². The SMILES string of the molecule is Cc1cc(N(C)c2ccccc2)ncc1[C@@H](C)N. The summed E-state index contributed by atoms with van der Waals surface area (Å²) in [6.45, 7) is 4.05. The first-order valence-corrected chi connectivity index (χ1v) is 6.10. The standard InChI is InChI=1S/C15H19N3/c1-11-9-15(17-10-14(11)12(2)16)18(3)13-7-5-4-6-8-13/h4-10,12H,16H2,1-3H3/t12-/m1/s1. The molecule has 3 heteroatoms. The Labute approximate surface area is 108 Å². The number of rotatable bonds is 3. The van der Waals surface area contributed by atoms with Crippen molar-refractivity contribution in [3.05, 3.63) is 53.7 Å². The van der Waals surface area contributed by atoms with E-state index in [0.29, 0.717) is 0 Å². The van der Waals surface area contributed by atoms with Gasteiger partial charge in [0.15, 0.2) is 0 Å². The lowest BCUT2D eigenvalue weighted by atomic mass is 10.1. The molecule has 0 spiro atoms. The van der Waals surface area contributed by atoms with Gasteiger partial charge in [-0.25, -0.2) is 4.98 Å². The monoisotopic (exact) mass is 241 g/mol. The smallest absolute Gasteiger partial charge is 0.132 e. The van der Waals surface area contributed by atoms with Crippen molar-refractivity contribution in [1.82, 2.24) is 4.98 Å². The molecule has 94 valence electrons. The second-order valence-corrected chi connectivity index (χ2v) is 4.58. The third kappa shape index (κ3) is 2.51. The van der Waals surface area contributed by atoms with Crippen LogP contribution in [0.3, 0.4) is 0 Å². The molecule has 3 nitrogen and oxygen atoms in total. The topological polar surface area (TPSA) is 42.2 Å². The highest BCUT2D eigenvalue weighted by Gasteiger charge is 2.09. The van der Waals surface area contributed by atoms with Gasteiger partial charge in [-0.05, 0) is 43.2 Å². The summed E-state index contributed by atoms with van der Waals surface area (Å²) in [6, 6.07) is 12.3. The summed E-state index contributed by atoms with van der Waals surface area (Å²) in [5.74, 6) is 0.933. The molecular formula is C15H19N3. The minimum Gasteiger partial charge on any atom is -0.329 e.